The second-order valence-corrected chi connectivity index (χ2v) is 6.97. The third-order valence-electron chi connectivity index (χ3n) is 3.79. The number of nitrogens with zero attached hydrogens (tertiary/aromatic N) is 4. The van der Waals surface area contributed by atoms with E-state index in [0.717, 1.165) is 18.2 Å². The number of rotatable bonds is 4. The van der Waals surface area contributed by atoms with Gasteiger partial charge in [0.1, 0.15) is 23.1 Å². The molecule has 0 N–H and O–H groups in total. The number of aryl methyl sites for hydroxylation is 2. The largest absolute Gasteiger partial charge is 0.297 e. The van der Waals surface area contributed by atoms with E-state index in [0.29, 0.717) is 11.5 Å². The van der Waals surface area contributed by atoms with Crippen molar-refractivity contribution in [1.29, 1.82) is 0 Å². The standard InChI is InChI=1S/C17H12BrClF2N4O2/c1-9-5-16(23(2)22-9)24(14-4-3-10(20)7-13(14)19)17-12(18)6-11(21)8-15(17)25(26)27/h3-8H,1-2H3. The van der Waals surface area contributed by atoms with Gasteiger partial charge in [0, 0.05) is 13.1 Å². The van der Waals surface area contributed by atoms with Crippen LogP contribution in [0.25, 0.3) is 0 Å². The van der Waals surface area contributed by atoms with Gasteiger partial charge < -0.3 is 0 Å². The Hall–Kier alpha value is -2.52. The molecule has 27 heavy (non-hydrogen) atoms. The average Bonchev–Trinajstić information content (AvgIpc) is 2.89. The van der Waals surface area contributed by atoms with Gasteiger partial charge in [-0.2, -0.15) is 5.10 Å². The Labute approximate surface area is 166 Å². The summed E-state index contributed by atoms with van der Waals surface area (Å²) in [6.07, 6.45) is 0. The molecule has 6 nitrogen and oxygen atoms in total. The van der Waals surface area contributed by atoms with Crippen LogP contribution in [-0.4, -0.2) is 14.7 Å². The van der Waals surface area contributed by atoms with E-state index < -0.39 is 22.2 Å². The molecule has 10 heteroatoms. The van der Waals surface area contributed by atoms with Crippen molar-refractivity contribution in [1.82, 2.24) is 9.78 Å². The van der Waals surface area contributed by atoms with Gasteiger partial charge in [-0.3, -0.25) is 19.7 Å². The van der Waals surface area contributed by atoms with E-state index in [1.807, 2.05) is 0 Å². The number of nitro groups is 1. The van der Waals surface area contributed by atoms with Gasteiger partial charge >= 0.3 is 0 Å². The van der Waals surface area contributed by atoms with Gasteiger partial charge in [-0.1, -0.05) is 11.6 Å². The molecule has 0 radical (unpaired) electrons. The van der Waals surface area contributed by atoms with E-state index >= 15 is 0 Å². The summed E-state index contributed by atoms with van der Waals surface area (Å²) < 4.78 is 29.0. The Bertz CT molecular complexity index is 1060. The first kappa shape index (κ1) is 19.2. The van der Waals surface area contributed by atoms with Gasteiger partial charge in [0.25, 0.3) is 5.69 Å². The average molecular weight is 458 g/mol. The number of hydrogen-bond donors (Lipinski definition) is 0. The van der Waals surface area contributed by atoms with Gasteiger partial charge in [-0.25, -0.2) is 8.78 Å². The fourth-order valence-corrected chi connectivity index (χ4v) is 3.59. The molecule has 0 atom stereocenters. The molecule has 0 amide bonds. The summed E-state index contributed by atoms with van der Waals surface area (Å²) in [5, 5.41) is 15.9. The van der Waals surface area contributed by atoms with E-state index in [9.17, 15) is 18.9 Å². The lowest BCUT2D eigenvalue weighted by molar-refractivity contribution is -0.384. The van der Waals surface area contributed by atoms with Crippen LogP contribution in [0.15, 0.2) is 40.9 Å². The van der Waals surface area contributed by atoms with Crippen molar-refractivity contribution in [2.45, 2.75) is 6.92 Å². The van der Waals surface area contributed by atoms with Gasteiger partial charge in [0.05, 0.1) is 31.9 Å². The molecular weight excluding hydrogens is 446 g/mol. The first-order chi connectivity index (χ1) is 12.7. The van der Waals surface area contributed by atoms with Crippen LogP contribution in [0.3, 0.4) is 0 Å². The van der Waals surface area contributed by atoms with Crippen molar-refractivity contribution in [3.05, 3.63) is 73.3 Å². The van der Waals surface area contributed by atoms with E-state index in [2.05, 4.69) is 21.0 Å². The lowest BCUT2D eigenvalue weighted by atomic mass is 10.2. The van der Waals surface area contributed by atoms with Crippen molar-refractivity contribution in [3.8, 4) is 0 Å². The van der Waals surface area contributed by atoms with Crippen molar-refractivity contribution >= 4 is 50.4 Å². The number of halogens is 4. The highest BCUT2D eigenvalue weighted by molar-refractivity contribution is 9.10. The van der Waals surface area contributed by atoms with Gasteiger partial charge in [0.15, 0.2) is 0 Å². The fourth-order valence-electron chi connectivity index (χ4n) is 2.74. The molecule has 0 saturated heterocycles. The minimum atomic E-state index is -0.774. The van der Waals surface area contributed by atoms with Gasteiger partial charge in [-0.05, 0) is 47.1 Å². The third kappa shape index (κ3) is 3.65. The summed E-state index contributed by atoms with van der Waals surface area (Å²) >= 11 is 9.43. The normalized spacial score (nSPS) is 10.9. The molecule has 0 aliphatic carbocycles. The number of benzene rings is 2. The summed E-state index contributed by atoms with van der Waals surface area (Å²) in [6.45, 7) is 1.75. The first-order valence-corrected chi connectivity index (χ1v) is 8.75. The van der Waals surface area contributed by atoms with Gasteiger partial charge in [0.2, 0.25) is 0 Å². The van der Waals surface area contributed by atoms with Crippen molar-refractivity contribution < 1.29 is 13.7 Å². The highest BCUT2D eigenvalue weighted by atomic mass is 79.9. The molecule has 0 fully saturated rings. The maximum atomic E-state index is 13.8. The maximum absolute atomic E-state index is 13.8. The first-order valence-electron chi connectivity index (χ1n) is 7.58. The Kier molecular flexibility index (Phi) is 5.16. The van der Waals surface area contributed by atoms with E-state index in [1.54, 1.807) is 20.0 Å². The van der Waals surface area contributed by atoms with Crippen LogP contribution in [0.4, 0.5) is 31.7 Å². The zero-order chi connectivity index (χ0) is 19.9. The van der Waals surface area contributed by atoms with Crippen LogP contribution in [0.2, 0.25) is 5.02 Å². The molecule has 2 aromatic carbocycles. The van der Waals surface area contributed by atoms with Gasteiger partial charge in [-0.15, -0.1) is 0 Å². The van der Waals surface area contributed by atoms with E-state index in [1.165, 1.54) is 21.7 Å². The summed E-state index contributed by atoms with van der Waals surface area (Å²) in [5.74, 6) is -0.905. The Morgan fingerprint density at radius 3 is 2.48 bits per heavy atom. The van der Waals surface area contributed by atoms with Crippen LogP contribution in [0, 0.1) is 28.7 Å². The molecule has 1 heterocycles. The van der Waals surface area contributed by atoms with Crippen molar-refractivity contribution in [2.75, 3.05) is 4.90 Å². The SMILES string of the molecule is Cc1cc(N(c2ccc(F)cc2Cl)c2c(Br)cc(F)cc2[N+](=O)[O-])n(C)n1. The maximum Gasteiger partial charge on any atom is 0.297 e. The molecule has 0 aliphatic heterocycles. The summed E-state index contributed by atoms with van der Waals surface area (Å²) in [6, 6.07) is 7.26. The number of anilines is 3. The molecule has 3 aromatic rings. The Morgan fingerprint density at radius 2 is 1.93 bits per heavy atom. The molecule has 0 aliphatic rings. The summed E-state index contributed by atoms with van der Waals surface area (Å²) in [7, 11) is 1.65. The number of aromatic nitrogens is 2. The second-order valence-electron chi connectivity index (χ2n) is 5.71. The zero-order valence-corrected chi connectivity index (χ0v) is 16.4. The second kappa shape index (κ2) is 7.24. The lowest BCUT2D eigenvalue weighted by Gasteiger charge is -2.26. The minimum Gasteiger partial charge on any atom is -0.286 e. The number of nitro benzene ring substituents is 1. The quantitative estimate of drug-likeness (QED) is 0.367. The minimum absolute atomic E-state index is 0.0272. The van der Waals surface area contributed by atoms with Crippen LogP contribution in [-0.2, 0) is 7.05 Å². The monoisotopic (exact) mass is 456 g/mol. The van der Waals surface area contributed by atoms with E-state index in [-0.39, 0.29) is 20.9 Å². The van der Waals surface area contributed by atoms with Crippen molar-refractivity contribution in [3.63, 3.8) is 0 Å². The van der Waals surface area contributed by atoms with Crippen LogP contribution >= 0.6 is 27.5 Å². The highest BCUT2D eigenvalue weighted by Crippen LogP contribution is 2.46. The molecule has 0 bridgehead atoms. The molecule has 0 saturated carbocycles. The van der Waals surface area contributed by atoms with E-state index in [4.69, 9.17) is 11.6 Å². The number of hydrogen-bond acceptors (Lipinski definition) is 4. The summed E-state index contributed by atoms with van der Waals surface area (Å²) in [5.41, 5.74) is 0.479. The molecule has 140 valence electrons. The molecular formula is C17H12BrClF2N4O2. The van der Waals surface area contributed by atoms with Crippen LogP contribution in [0.5, 0.6) is 0 Å². The highest BCUT2D eigenvalue weighted by Gasteiger charge is 2.29. The topological polar surface area (TPSA) is 64.2 Å². The van der Waals surface area contributed by atoms with Crippen LogP contribution < -0.4 is 4.90 Å². The summed E-state index contributed by atoms with van der Waals surface area (Å²) in [4.78, 5) is 12.3. The smallest absolute Gasteiger partial charge is 0.286 e. The predicted molar refractivity (Wildman–Crippen MR) is 102 cm³/mol. The van der Waals surface area contributed by atoms with Crippen molar-refractivity contribution in [2.24, 2.45) is 7.05 Å². The zero-order valence-electron chi connectivity index (χ0n) is 14.1. The third-order valence-corrected chi connectivity index (χ3v) is 4.69. The Morgan fingerprint density at radius 1 is 1.22 bits per heavy atom. The molecule has 0 spiro atoms. The van der Waals surface area contributed by atoms with Crippen LogP contribution in [0.1, 0.15) is 5.69 Å². The fraction of sp³-hybridized carbons (Fsp3) is 0.118. The Balaban J connectivity index is 2.39. The molecule has 1 aromatic heterocycles. The predicted octanol–water partition coefficient (Wildman–Crippen LogP) is 5.80. The lowest BCUT2D eigenvalue weighted by Crippen LogP contribution is -2.16. The molecule has 3 rings (SSSR count). The molecule has 0 unspecified atom stereocenters.